The van der Waals surface area contributed by atoms with Gasteiger partial charge in [-0.2, -0.15) is 4.31 Å². The van der Waals surface area contributed by atoms with Crippen molar-refractivity contribution < 1.29 is 12.8 Å². The van der Waals surface area contributed by atoms with Crippen LogP contribution in [0.3, 0.4) is 0 Å². The summed E-state index contributed by atoms with van der Waals surface area (Å²) >= 11 is 3.12. The number of hydrogen-bond acceptors (Lipinski definition) is 3. The molecule has 0 unspecified atom stereocenters. The molecule has 7 heteroatoms. The fraction of sp³-hybridized carbons (Fsp3) is 0.538. The molecule has 0 amide bonds. The normalized spacial score (nSPS) is 18.4. The lowest BCUT2D eigenvalue weighted by atomic mass is 9.95. The molecule has 112 valence electrons. The second-order valence-electron chi connectivity index (χ2n) is 5.00. The van der Waals surface area contributed by atoms with Gasteiger partial charge in [0.15, 0.2) is 0 Å². The lowest BCUT2D eigenvalue weighted by Gasteiger charge is -2.31. The maximum Gasteiger partial charge on any atom is 0.244 e. The minimum Gasteiger partial charge on any atom is -0.330 e. The van der Waals surface area contributed by atoms with Crippen molar-refractivity contribution in [2.45, 2.75) is 24.2 Å². The Kier molecular flexibility index (Phi) is 5.17. The summed E-state index contributed by atoms with van der Waals surface area (Å²) in [7, 11) is -3.56. The molecule has 0 bridgehead atoms. The van der Waals surface area contributed by atoms with Crippen LogP contribution in [0.4, 0.5) is 4.39 Å². The molecule has 1 fully saturated rings. The number of sulfonamides is 1. The number of rotatable bonds is 4. The minimum atomic E-state index is -3.56. The van der Waals surface area contributed by atoms with E-state index in [9.17, 15) is 12.8 Å². The third kappa shape index (κ3) is 3.39. The fourth-order valence-corrected chi connectivity index (χ4v) is 4.98. The topological polar surface area (TPSA) is 63.4 Å². The van der Waals surface area contributed by atoms with Crippen LogP contribution in [0.25, 0.3) is 0 Å². The van der Waals surface area contributed by atoms with E-state index in [0.717, 1.165) is 19.3 Å². The number of piperidine rings is 1. The summed E-state index contributed by atoms with van der Waals surface area (Å²) in [6.07, 6.45) is 2.60. The molecule has 4 nitrogen and oxygen atoms in total. The summed E-state index contributed by atoms with van der Waals surface area (Å²) in [5.41, 5.74) is 5.53. The number of nitrogens with two attached hydrogens (primary N) is 1. The SMILES string of the molecule is NCCC1CCN(S(=O)(=O)c2ccc(F)cc2Br)CC1. The van der Waals surface area contributed by atoms with Crippen molar-refractivity contribution in [2.24, 2.45) is 11.7 Å². The zero-order valence-corrected chi connectivity index (χ0v) is 13.5. The summed E-state index contributed by atoms with van der Waals surface area (Å²) in [6, 6.07) is 3.65. The summed E-state index contributed by atoms with van der Waals surface area (Å²) in [5, 5.41) is 0. The Labute approximate surface area is 127 Å². The van der Waals surface area contributed by atoms with E-state index in [0.29, 0.717) is 25.6 Å². The molecule has 20 heavy (non-hydrogen) atoms. The zero-order valence-electron chi connectivity index (χ0n) is 11.1. The highest BCUT2D eigenvalue weighted by Crippen LogP contribution is 2.29. The Balaban J connectivity index is 2.15. The highest BCUT2D eigenvalue weighted by molar-refractivity contribution is 9.10. The second-order valence-corrected chi connectivity index (χ2v) is 7.76. The van der Waals surface area contributed by atoms with E-state index in [4.69, 9.17) is 5.73 Å². The smallest absolute Gasteiger partial charge is 0.244 e. The zero-order chi connectivity index (χ0) is 14.8. The first-order chi connectivity index (χ1) is 9.45. The van der Waals surface area contributed by atoms with Gasteiger partial charge >= 0.3 is 0 Å². The van der Waals surface area contributed by atoms with Gasteiger partial charge in [0.05, 0.1) is 4.90 Å². The van der Waals surface area contributed by atoms with Gasteiger partial charge in [-0.25, -0.2) is 12.8 Å². The number of halogens is 2. The van der Waals surface area contributed by atoms with E-state index in [-0.39, 0.29) is 9.37 Å². The molecule has 1 aromatic carbocycles. The lowest BCUT2D eigenvalue weighted by molar-refractivity contribution is 0.265. The summed E-state index contributed by atoms with van der Waals surface area (Å²) in [6.45, 7) is 1.63. The molecule has 1 saturated heterocycles. The molecule has 0 saturated carbocycles. The molecule has 0 aromatic heterocycles. The van der Waals surface area contributed by atoms with Crippen LogP contribution in [0.5, 0.6) is 0 Å². The highest BCUT2D eigenvalue weighted by Gasteiger charge is 2.30. The van der Waals surface area contributed by atoms with E-state index in [2.05, 4.69) is 15.9 Å². The van der Waals surface area contributed by atoms with Crippen molar-refractivity contribution in [3.05, 3.63) is 28.5 Å². The Bertz CT molecular complexity index is 572. The predicted octanol–water partition coefficient (Wildman–Crippen LogP) is 2.34. The van der Waals surface area contributed by atoms with Crippen molar-refractivity contribution in [3.63, 3.8) is 0 Å². The quantitative estimate of drug-likeness (QED) is 0.891. The van der Waals surface area contributed by atoms with Gasteiger partial charge in [-0.1, -0.05) is 0 Å². The van der Waals surface area contributed by atoms with Crippen LogP contribution in [-0.2, 0) is 10.0 Å². The lowest BCUT2D eigenvalue weighted by Crippen LogP contribution is -2.38. The van der Waals surface area contributed by atoms with E-state index in [1.807, 2.05) is 0 Å². The van der Waals surface area contributed by atoms with Gasteiger partial charge in [0.1, 0.15) is 5.82 Å². The third-order valence-corrected chi connectivity index (χ3v) is 6.54. The van der Waals surface area contributed by atoms with E-state index < -0.39 is 15.8 Å². The van der Waals surface area contributed by atoms with Gasteiger partial charge in [0.2, 0.25) is 10.0 Å². The van der Waals surface area contributed by atoms with E-state index >= 15 is 0 Å². The Hall–Kier alpha value is -0.500. The number of benzene rings is 1. The van der Waals surface area contributed by atoms with Crippen LogP contribution in [0, 0.1) is 11.7 Å². The molecular formula is C13H18BrFN2O2S. The van der Waals surface area contributed by atoms with Crippen molar-refractivity contribution in [1.82, 2.24) is 4.31 Å². The number of hydrogen-bond donors (Lipinski definition) is 1. The molecule has 1 aliphatic heterocycles. The van der Waals surface area contributed by atoms with Crippen molar-refractivity contribution >= 4 is 26.0 Å². The average molecular weight is 365 g/mol. The molecule has 0 radical (unpaired) electrons. The minimum absolute atomic E-state index is 0.121. The maximum atomic E-state index is 13.1. The summed E-state index contributed by atoms with van der Waals surface area (Å²) < 4.78 is 39.9. The third-order valence-electron chi connectivity index (χ3n) is 3.66. The molecule has 0 aliphatic carbocycles. The Morgan fingerprint density at radius 1 is 1.35 bits per heavy atom. The first kappa shape index (κ1) is 15.9. The van der Waals surface area contributed by atoms with Crippen LogP contribution >= 0.6 is 15.9 Å². The molecule has 2 N–H and O–H groups in total. The summed E-state index contributed by atoms with van der Waals surface area (Å²) in [4.78, 5) is 0.121. The van der Waals surface area contributed by atoms with Gasteiger partial charge in [-0.05, 0) is 65.9 Å². The van der Waals surface area contributed by atoms with Crippen LogP contribution in [0.15, 0.2) is 27.6 Å². The molecule has 1 aliphatic rings. The number of nitrogens with zero attached hydrogens (tertiary/aromatic N) is 1. The molecule has 0 spiro atoms. The van der Waals surface area contributed by atoms with Gasteiger partial charge in [0, 0.05) is 17.6 Å². The van der Waals surface area contributed by atoms with Crippen LogP contribution in [-0.4, -0.2) is 32.4 Å². The van der Waals surface area contributed by atoms with E-state index in [1.165, 1.54) is 22.5 Å². The molecular weight excluding hydrogens is 347 g/mol. The molecule has 0 atom stereocenters. The van der Waals surface area contributed by atoms with Gasteiger partial charge in [0.25, 0.3) is 0 Å². The highest BCUT2D eigenvalue weighted by atomic mass is 79.9. The summed E-state index contributed by atoms with van der Waals surface area (Å²) in [5.74, 6) is 0.0422. The van der Waals surface area contributed by atoms with Crippen molar-refractivity contribution in [1.29, 1.82) is 0 Å². The Morgan fingerprint density at radius 2 is 2.00 bits per heavy atom. The van der Waals surface area contributed by atoms with Crippen LogP contribution in [0.2, 0.25) is 0 Å². The standard InChI is InChI=1S/C13H18BrFN2O2S/c14-12-9-11(15)1-2-13(12)20(18,19)17-7-4-10(3-6-16)5-8-17/h1-2,9-10H,3-8,16H2. The van der Waals surface area contributed by atoms with Crippen molar-refractivity contribution in [3.8, 4) is 0 Å². The predicted molar refractivity (Wildman–Crippen MR) is 79.3 cm³/mol. The van der Waals surface area contributed by atoms with Crippen molar-refractivity contribution in [2.75, 3.05) is 19.6 Å². The van der Waals surface area contributed by atoms with Gasteiger partial charge in [-0.15, -0.1) is 0 Å². The fourth-order valence-electron chi connectivity index (χ4n) is 2.50. The average Bonchev–Trinajstić information content (AvgIpc) is 2.39. The van der Waals surface area contributed by atoms with Crippen LogP contribution in [0.1, 0.15) is 19.3 Å². The monoisotopic (exact) mass is 364 g/mol. The van der Waals surface area contributed by atoms with Gasteiger partial charge < -0.3 is 5.73 Å². The molecule has 1 aromatic rings. The first-order valence-electron chi connectivity index (χ1n) is 6.60. The van der Waals surface area contributed by atoms with E-state index in [1.54, 1.807) is 0 Å². The largest absolute Gasteiger partial charge is 0.330 e. The maximum absolute atomic E-state index is 13.1. The molecule has 1 heterocycles. The van der Waals surface area contributed by atoms with Crippen LogP contribution < -0.4 is 5.73 Å². The molecule has 2 rings (SSSR count). The van der Waals surface area contributed by atoms with Gasteiger partial charge in [-0.3, -0.25) is 0 Å². The first-order valence-corrected chi connectivity index (χ1v) is 8.83. The second kappa shape index (κ2) is 6.51. The Morgan fingerprint density at radius 3 is 2.55 bits per heavy atom.